The zero-order valence-corrected chi connectivity index (χ0v) is 13.6. The summed E-state index contributed by atoms with van der Waals surface area (Å²) in [6.45, 7) is 2.01. The van der Waals surface area contributed by atoms with Crippen LogP contribution in [-0.4, -0.2) is 40.2 Å². The molecule has 1 aromatic carbocycles. The Bertz CT molecular complexity index is 585. The maximum atomic E-state index is 11.7. The highest BCUT2D eigenvalue weighted by atomic mass is 32.2. The Labute approximate surface area is 126 Å². The third-order valence-corrected chi connectivity index (χ3v) is 5.67. The Morgan fingerprint density at radius 2 is 2.05 bits per heavy atom. The van der Waals surface area contributed by atoms with Gasteiger partial charge in [-0.3, -0.25) is 0 Å². The normalized spacial score (nSPS) is 22.5. The van der Waals surface area contributed by atoms with Gasteiger partial charge in [0.2, 0.25) is 0 Å². The monoisotopic (exact) mass is 313 g/mol. The Morgan fingerprint density at radius 3 is 2.67 bits per heavy atom. The lowest BCUT2D eigenvalue weighted by atomic mass is 10.0. The van der Waals surface area contributed by atoms with E-state index in [1.807, 2.05) is 25.1 Å². The molecule has 1 N–H and O–H groups in total. The number of nitrogens with one attached hydrogen (secondary N) is 1. The van der Waals surface area contributed by atoms with E-state index < -0.39 is 9.84 Å². The van der Waals surface area contributed by atoms with Crippen molar-refractivity contribution in [3.63, 3.8) is 0 Å². The molecular formula is C15H23NO4S. The van der Waals surface area contributed by atoms with Gasteiger partial charge >= 0.3 is 0 Å². The molecule has 2 unspecified atom stereocenters. The molecule has 1 saturated heterocycles. The molecule has 1 heterocycles. The van der Waals surface area contributed by atoms with Crippen molar-refractivity contribution in [2.75, 3.05) is 25.7 Å². The topological polar surface area (TPSA) is 64.6 Å². The van der Waals surface area contributed by atoms with E-state index in [1.54, 1.807) is 14.2 Å². The second-order valence-electron chi connectivity index (χ2n) is 5.45. The van der Waals surface area contributed by atoms with E-state index in [2.05, 4.69) is 5.32 Å². The molecule has 0 aromatic heterocycles. The number of hydrogen-bond acceptors (Lipinski definition) is 5. The minimum absolute atomic E-state index is 0.00495. The van der Waals surface area contributed by atoms with E-state index in [1.165, 1.54) is 0 Å². The highest BCUT2D eigenvalue weighted by Gasteiger charge is 2.26. The third kappa shape index (κ3) is 4.11. The third-order valence-electron chi connectivity index (χ3n) is 3.85. The van der Waals surface area contributed by atoms with E-state index in [9.17, 15) is 8.42 Å². The first-order valence-corrected chi connectivity index (χ1v) is 8.95. The van der Waals surface area contributed by atoms with Gasteiger partial charge in [-0.2, -0.15) is 0 Å². The molecule has 6 heteroatoms. The Kier molecular flexibility index (Phi) is 5.11. The number of sulfone groups is 1. The summed E-state index contributed by atoms with van der Waals surface area (Å²) in [4.78, 5) is 0. The van der Waals surface area contributed by atoms with Gasteiger partial charge in [0.05, 0.1) is 25.7 Å². The fourth-order valence-corrected chi connectivity index (χ4v) is 4.42. The van der Waals surface area contributed by atoms with E-state index >= 15 is 0 Å². The van der Waals surface area contributed by atoms with Crippen molar-refractivity contribution in [3.8, 4) is 11.5 Å². The van der Waals surface area contributed by atoms with Crippen LogP contribution in [0.15, 0.2) is 18.2 Å². The van der Waals surface area contributed by atoms with Crippen molar-refractivity contribution in [1.82, 2.24) is 5.32 Å². The standard InChI is InChI=1S/C15H23NO4S/c1-11(16-12-5-4-8-21(17,18)10-12)14-9-13(19-2)6-7-15(14)20-3/h6-7,9,11-12,16H,4-5,8,10H2,1-3H3. The van der Waals surface area contributed by atoms with Gasteiger partial charge in [0.1, 0.15) is 11.5 Å². The van der Waals surface area contributed by atoms with Crippen molar-refractivity contribution in [2.24, 2.45) is 0 Å². The predicted octanol–water partition coefficient (Wildman–Crippen LogP) is 1.93. The average Bonchev–Trinajstić information content (AvgIpc) is 2.45. The lowest BCUT2D eigenvalue weighted by Gasteiger charge is -2.27. The van der Waals surface area contributed by atoms with E-state index in [0.717, 1.165) is 29.9 Å². The van der Waals surface area contributed by atoms with Gasteiger partial charge in [-0.15, -0.1) is 0 Å². The van der Waals surface area contributed by atoms with Crippen LogP contribution in [0.25, 0.3) is 0 Å². The maximum Gasteiger partial charge on any atom is 0.151 e. The molecule has 0 bridgehead atoms. The fraction of sp³-hybridized carbons (Fsp3) is 0.600. The van der Waals surface area contributed by atoms with E-state index in [-0.39, 0.29) is 17.8 Å². The Hall–Kier alpha value is -1.27. The van der Waals surface area contributed by atoms with Gasteiger partial charge in [0.25, 0.3) is 0 Å². The van der Waals surface area contributed by atoms with Crippen LogP contribution in [-0.2, 0) is 9.84 Å². The van der Waals surface area contributed by atoms with Crippen LogP contribution < -0.4 is 14.8 Å². The summed E-state index contributed by atoms with van der Waals surface area (Å²) in [5.41, 5.74) is 0.972. The molecule has 1 aliphatic heterocycles. The van der Waals surface area contributed by atoms with Crippen molar-refractivity contribution in [1.29, 1.82) is 0 Å². The maximum absolute atomic E-state index is 11.7. The van der Waals surface area contributed by atoms with Crippen molar-refractivity contribution in [2.45, 2.75) is 31.8 Å². The molecular weight excluding hydrogens is 290 g/mol. The van der Waals surface area contributed by atoms with Gasteiger partial charge in [-0.1, -0.05) is 0 Å². The number of methoxy groups -OCH3 is 2. The van der Waals surface area contributed by atoms with Crippen LogP contribution >= 0.6 is 0 Å². The fourth-order valence-electron chi connectivity index (χ4n) is 2.78. The molecule has 2 atom stereocenters. The molecule has 1 aliphatic rings. The summed E-state index contributed by atoms with van der Waals surface area (Å²) >= 11 is 0. The number of hydrogen-bond donors (Lipinski definition) is 1. The lowest BCUT2D eigenvalue weighted by molar-refractivity contribution is 0.382. The SMILES string of the molecule is COc1ccc(OC)c(C(C)NC2CCCS(=O)(=O)C2)c1. The number of benzene rings is 1. The molecule has 1 aromatic rings. The van der Waals surface area contributed by atoms with Crippen LogP contribution in [0, 0.1) is 0 Å². The lowest BCUT2D eigenvalue weighted by Crippen LogP contribution is -2.41. The van der Waals surface area contributed by atoms with Crippen LogP contribution in [0.5, 0.6) is 11.5 Å². The zero-order valence-electron chi connectivity index (χ0n) is 12.8. The molecule has 0 spiro atoms. The van der Waals surface area contributed by atoms with Crippen LogP contribution in [0.4, 0.5) is 0 Å². The van der Waals surface area contributed by atoms with Crippen LogP contribution in [0.3, 0.4) is 0 Å². The minimum atomic E-state index is -2.91. The number of rotatable bonds is 5. The first kappa shape index (κ1) is 16.1. The molecule has 118 valence electrons. The molecule has 0 amide bonds. The van der Waals surface area contributed by atoms with Crippen molar-refractivity contribution in [3.05, 3.63) is 23.8 Å². The van der Waals surface area contributed by atoms with Crippen LogP contribution in [0.1, 0.15) is 31.4 Å². The van der Waals surface area contributed by atoms with Gasteiger partial charge in [-0.25, -0.2) is 8.42 Å². The minimum Gasteiger partial charge on any atom is -0.497 e. The van der Waals surface area contributed by atoms with Gasteiger partial charge in [-0.05, 0) is 38.0 Å². The summed E-state index contributed by atoms with van der Waals surface area (Å²) in [6.07, 6.45) is 1.61. The van der Waals surface area contributed by atoms with E-state index in [0.29, 0.717) is 5.75 Å². The second-order valence-corrected chi connectivity index (χ2v) is 7.68. The molecule has 0 saturated carbocycles. The highest BCUT2D eigenvalue weighted by Crippen LogP contribution is 2.30. The van der Waals surface area contributed by atoms with Gasteiger partial charge in [0, 0.05) is 17.6 Å². The second kappa shape index (κ2) is 6.66. The molecule has 0 radical (unpaired) electrons. The summed E-state index contributed by atoms with van der Waals surface area (Å²) in [5, 5.41) is 3.40. The van der Waals surface area contributed by atoms with E-state index in [4.69, 9.17) is 9.47 Å². The molecule has 1 fully saturated rings. The molecule has 21 heavy (non-hydrogen) atoms. The summed E-state index contributed by atoms with van der Waals surface area (Å²) < 4.78 is 34.1. The zero-order chi connectivity index (χ0) is 15.5. The largest absolute Gasteiger partial charge is 0.497 e. The smallest absolute Gasteiger partial charge is 0.151 e. The average molecular weight is 313 g/mol. The molecule has 5 nitrogen and oxygen atoms in total. The predicted molar refractivity (Wildman–Crippen MR) is 82.8 cm³/mol. The molecule has 0 aliphatic carbocycles. The van der Waals surface area contributed by atoms with Crippen LogP contribution in [0.2, 0.25) is 0 Å². The summed E-state index contributed by atoms with van der Waals surface area (Å²) in [5.74, 6) is 2.05. The molecule has 2 rings (SSSR count). The summed E-state index contributed by atoms with van der Waals surface area (Å²) in [6, 6.07) is 5.63. The Balaban J connectivity index is 2.14. The first-order valence-electron chi connectivity index (χ1n) is 7.13. The summed E-state index contributed by atoms with van der Waals surface area (Å²) in [7, 11) is 0.344. The van der Waals surface area contributed by atoms with Gasteiger partial charge in [0.15, 0.2) is 9.84 Å². The highest BCUT2D eigenvalue weighted by molar-refractivity contribution is 7.91. The quantitative estimate of drug-likeness (QED) is 0.900. The number of ether oxygens (including phenoxy) is 2. The van der Waals surface area contributed by atoms with Gasteiger partial charge < -0.3 is 14.8 Å². The Morgan fingerprint density at radius 1 is 1.29 bits per heavy atom. The first-order chi connectivity index (χ1) is 9.95. The van der Waals surface area contributed by atoms with Crippen molar-refractivity contribution < 1.29 is 17.9 Å². The van der Waals surface area contributed by atoms with Crippen molar-refractivity contribution >= 4 is 9.84 Å².